The Kier molecular flexibility index (Phi) is 4.57. The number of hydrogen-bond donors (Lipinski definition) is 0. The minimum atomic E-state index is 0.636. The van der Waals surface area contributed by atoms with Crippen molar-refractivity contribution in [3.8, 4) is 5.69 Å². The minimum Gasteiger partial charge on any atom is -0.256 e. The Morgan fingerprint density at radius 3 is 2.84 bits per heavy atom. The Morgan fingerprint density at radius 2 is 1.96 bits per heavy atom. The maximum atomic E-state index is 6.25. The van der Waals surface area contributed by atoms with Crippen LogP contribution in [0.5, 0.6) is 0 Å². The fourth-order valence-corrected chi connectivity index (χ4v) is 3.77. The van der Waals surface area contributed by atoms with Crippen LogP contribution in [0, 0.1) is 0 Å². The lowest BCUT2D eigenvalue weighted by molar-refractivity contribution is 0.756. The third kappa shape index (κ3) is 3.33. The summed E-state index contributed by atoms with van der Waals surface area (Å²) in [5.74, 6) is 0.672. The predicted molar refractivity (Wildman–Crippen MR) is 100 cm³/mol. The smallest absolute Gasteiger partial charge is 0.214 e. The van der Waals surface area contributed by atoms with Crippen molar-refractivity contribution in [3.63, 3.8) is 0 Å². The van der Waals surface area contributed by atoms with Gasteiger partial charge >= 0.3 is 0 Å². The van der Waals surface area contributed by atoms with Crippen molar-refractivity contribution < 1.29 is 0 Å². The highest BCUT2D eigenvalue weighted by molar-refractivity contribution is 7.98. The zero-order valence-corrected chi connectivity index (χ0v) is 15.1. The predicted octanol–water partition coefficient (Wildman–Crippen LogP) is 4.81. The van der Waals surface area contributed by atoms with E-state index in [0.29, 0.717) is 21.0 Å². The summed E-state index contributed by atoms with van der Waals surface area (Å²) < 4.78 is 1.67. The zero-order valence-electron chi connectivity index (χ0n) is 12.8. The second-order valence-corrected chi connectivity index (χ2v) is 7.03. The molecule has 0 aliphatic heterocycles. The topological polar surface area (TPSA) is 56.5 Å². The Hall–Kier alpha value is -2.15. The number of thioether (sulfide) groups is 1. The molecule has 4 rings (SSSR count). The normalized spacial score (nSPS) is 11.1. The molecule has 0 saturated heterocycles. The van der Waals surface area contributed by atoms with E-state index in [-0.39, 0.29) is 0 Å². The van der Waals surface area contributed by atoms with Gasteiger partial charge in [0, 0.05) is 27.4 Å². The molecule has 0 amide bonds. The van der Waals surface area contributed by atoms with Crippen LogP contribution >= 0.6 is 35.0 Å². The Morgan fingerprint density at radius 1 is 1.04 bits per heavy atom. The molecule has 0 aliphatic rings. The maximum Gasteiger partial charge on any atom is 0.214 e. The maximum absolute atomic E-state index is 6.25. The molecule has 0 bridgehead atoms. The summed E-state index contributed by atoms with van der Waals surface area (Å²) in [6.07, 6.45) is 1.77. The molecule has 5 nitrogen and oxygen atoms in total. The monoisotopic (exact) mass is 387 g/mol. The fraction of sp³-hybridized carbons (Fsp3) is 0.0588. The molecule has 2 aromatic carbocycles. The van der Waals surface area contributed by atoms with E-state index >= 15 is 0 Å². The van der Waals surface area contributed by atoms with Crippen LogP contribution in [0.15, 0.2) is 59.9 Å². The molecule has 2 heterocycles. The van der Waals surface area contributed by atoms with Gasteiger partial charge in [0.2, 0.25) is 5.16 Å². The molecule has 0 unspecified atom stereocenters. The molecule has 4 aromatic rings. The summed E-state index contributed by atoms with van der Waals surface area (Å²) in [5, 5.41) is 14.9. The van der Waals surface area contributed by atoms with Gasteiger partial charge in [0.15, 0.2) is 0 Å². The van der Waals surface area contributed by atoms with Gasteiger partial charge in [-0.3, -0.25) is 4.98 Å². The molecule has 25 heavy (non-hydrogen) atoms. The van der Waals surface area contributed by atoms with Crippen LogP contribution in [-0.4, -0.2) is 25.2 Å². The van der Waals surface area contributed by atoms with E-state index in [1.165, 1.54) is 11.8 Å². The second-order valence-electron chi connectivity index (χ2n) is 5.25. The summed E-state index contributed by atoms with van der Waals surface area (Å²) >= 11 is 13.8. The molecule has 0 atom stereocenters. The van der Waals surface area contributed by atoms with Gasteiger partial charge in [-0.15, -0.1) is 5.10 Å². The molecule has 0 fully saturated rings. The van der Waals surface area contributed by atoms with Crippen molar-refractivity contribution >= 4 is 45.9 Å². The van der Waals surface area contributed by atoms with E-state index < -0.39 is 0 Å². The molecule has 0 aliphatic carbocycles. The number of tetrazole rings is 1. The van der Waals surface area contributed by atoms with Gasteiger partial charge in [-0.05, 0) is 52.4 Å². The van der Waals surface area contributed by atoms with Gasteiger partial charge in [-0.25, -0.2) is 0 Å². The third-order valence-corrected chi connectivity index (χ3v) is 5.18. The standard InChI is InChI=1S/C17H11Cl2N5S/c18-12-3-1-4-13(9-12)24-17(21-22-23-24)25-10-11-6-7-15(19)14-5-2-8-20-16(11)14/h1-9H,10H2. The van der Waals surface area contributed by atoms with Gasteiger partial charge in [-0.1, -0.05) is 47.1 Å². The van der Waals surface area contributed by atoms with Crippen LogP contribution < -0.4 is 0 Å². The average Bonchev–Trinajstić information content (AvgIpc) is 3.10. The van der Waals surface area contributed by atoms with Crippen molar-refractivity contribution in [2.24, 2.45) is 0 Å². The number of benzene rings is 2. The summed E-state index contributed by atoms with van der Waals surface area (Å²) in [7, 11) is 0. The van der Waals surface area contributed by atoms with E-state index in [4.69, 9.17) is 23.2 Å². The first-order valence-electron chi connectivity index (χ1n) is 7.41. The summed E-state index contributed by atoms with van der Waals surface area (Å²) in [4.78, 5) is 4.46. The first-order chi connectivity index (χ1) is 12.2. The number of nitrogens with zero attached hydrogens (tertiary/aromatic N) is 5. The fourth-order valence-electron chi connectivity index (χ4n) is 2.49. The van der Waals surface area contributed by atoms with E-state index in [1.54, 1.807) is 10.9 Å². The SMILES string of the molecule is Clc1cccc(-n2nnnc2SCc2ccc(Cl)c3cccnc23)c1. The Labute approximate surface area is 158 Å². The number of pyridine rings is 1. The number of fused-ring (bicyclic) bond motifs is 1. The van der Waals surface area contributed by atoms with Gasteiger partial charge in [-0.2, -0.15) is 4.68 Å². The van der Waals surface area contributed by atoms with Crippen LogP contribution in [0.2, 0.25) is 10.0 Å². The van der Waals surface area contributed by atoms with Gasteiger partial charge in [0.05, 0.1) is 11.2 Å². The highest BCUT2D eigenvalue weighted by atomic mass is 35.5. The Balaban J connectivity index is 1.64. The van der Waals surface area contributed by atoms with E-state index in [1.807, 2.05) is 48.5 Å². The van der Waals surface area contributed by atoms with Gasteiger partial charge < -0.3 is 0 Å². The van der Waals surface area contributed by atoms with Gasteiger partial charge in [0.1, 0.15) is 0 Å². The molecular weight excluding hydrogens is 377 g/mol. The second kappa shape index (κ2) is 7.00. The summed E-state index contributed by atoms with van der Waals surface area (Å²) in [6, 6.07) is 15.1. The van der Waals surface area contributed by atoms with Crippen LogP contribution in [0.1, 0.15) is 5.56 Å². The molecule has 0 N–H and O–H groups in total. The average molecular weight is 388 g/mol. The van der Waals surface area contributed by atoms with Gasteiger partial charge in [0.25, 0.3) is 0 Å². The minimum absolute atomic E-state index is 0.636. The van der Waals surface area contributed by atoms with Crippen molar-refractivity contribution in [1.82, 2.24) is 25.2 Å². The molecular formula is C17H11Cl2N5S. The zero-order chi connectivity index (χ0) is 17.2. The summed E-state index contributed by atoms with van der Waals surface area (Å²) in [6.45, 7) is 0. The number of rotatable bonds is 4. The molecule has 0 saturated carbocycles. The number of halogens is 2. The molecule has 8 heteroatoms. The highest BCUT2D eigenvalue weighted by Gasteiger charge is 2.12. The highest BCUT2D eigenvalue weighted by Crippen LogP contribution is 2.29. The molecule has 124 valence electrons. The Bertz CT molecular complexity index is 1050. The van der Waals surface area contributed by atoms with E-state index in [2.05, 4.69) is 20.5 Å². The van der Waals surface area contributed by atoms with Crippen LogP contribution in [0.3, 0.4) is 0 Å². The van der Waals surface area contributed by atoms with E-state index in [0.717, 1.165) is 22.2 Å². The summed E-state index contributed by atoms with van der Waals surface area (Å²) in [5.41, 5.74) is 2.79. The molecule has 0 radical (unpaired) electrons. The number of hydrogen-bond acceptors (Lipinski definition) is 5. The van der Waals surface area contributed by atoms with Crippen LogP contribution in [0.25, 0.3) is 16.6 Å². The van der Waals surface area contributed by atoms with E-state index in [9.17, 15) is 0 Å². The van der Waals surface area contributed by atoms with Crippen LogP contribution in [-0.2, 0) is 5.75 Å². The first-order valence-corrected chi connectivity index (χ1v) is 9.16. The quantitative estimate of drug-likeness (QED) is 0.470. The van der Waals surface area contributed by atoms with Crippen molar-refractivity contribution in [1.29, 1.82) is 0 Å². The molecule has 0 spiro atoms. The third-order valence-electron chi connectivity index (χ3n) is 3.65. The lowest BCUT2D eigenvalue weighted by Gasteiger charge is -2.07. The first kappa shape index (κ1) is 16.3. The van der Waals surface area contributed by atoms with Crippen molar-refractivity contribution in [2.45, 2.75) is 10.9 Å². The van der Waals surface area contributed by atoms with Crippen molar-refractivity contribution in [3.05, 3.63) is 70.3 Å². The lowest BCUT2D eigenvalue weighted by atomic mass is 10.1. The van der Waals surface area contributed by atoms with Crippen LogP contribution in [0.4, 0.5) is 0 Å². The number of aromatic nitrogens is 5. The van der Waals surface area contributed by atoms with Crippen molar-refractivity contribution in [2.75, 3.05) is 0 Å². The molecule has 2 aromatic heterocycles. The largest absolute Gasteiger partial charge is 0.256 e. The lowest BCUT2D eigenvalue weighted by Crippen LogP contribution is -1.99.